The lowest BCUT2D eigenvalue weighted by molar-refractivity contribution is 0.104. The third-order valence-electron chi connectivity index (χ3n) is 3.06. The smallest absolute Gasteiger partial charge is 0.283 e. The number of hydrogen-bond acceptors (Lipinski definition) is 2. The molecule has 4 heteroatoms. The summed E-state index contributed by atoms with van der Waals surface area (Å²) in [6.07, 6.45) is 10.2. The van der Waals surface area contributed by atoms with Gasteiger partial charge in [-0.05, 0) is 38.1 Å². The molecule has 0 saturated heterocycles. The van der Waals surface area contributed by atoms with E-state index in [2.05, 4.69) is 5.10 Å². The van der Waals surface area contributed by atoms with Crippen LogP contribution in [0.4, 0.5) is 0 Å². The normalized spacial score (nSPS) is 11.9. The minimum Gasteiger partial charge on any atom is -0.290 e. The van der Waals surface area contributed by atoms with Crippen molar-refractivity contribution in [2.24, 2.45) is 0 Å². The number of ketones is 1. The highest BCUT2D eigenvalue weighted by molar-refractivity contribution is 6.06. The van der Waals surface area contributed by atoms with E-state index < -0.39 is 0 Å². The average Bonchev–Trinajstić information content (AvgIpc) is 2.85. The third kappa shape index (κ3) is 3.23. The largest absolute Gasteiger partial charge is 0.290 e. The van der Waals surface area contributed by atoms with Gasteiger partial charge in [-0.2, -0.15) is 0 Å². The number of benzene rings is 1. The summed E-state index contributed by atoms with van der Waals surface area (Å²) in [4.78, 5) is 24.8. The predicted octanol–water partition coefficient (Wildman–Crippen LogP) is 3.51. The number of H-pyrrole nitrogens is 1. The van der Waals surface area contributed by atoms with Crippen LogP contribution in [0.25, 0.3) is 11.8 Å². The van der Waals surface area contributed by atoms with Crippen molar-refractivity contribution in [3.63, 3.8) is 0 Å². The summed E-state index contributed by atoms with van der Waals surface area (Å²) in [5.41, 5.74) is 0.972. The maximum atomic E-state index is 12.6. The number of carbonyl (C=O) groups excluding carboxylic acids is 1. The van der Waals surface area contributed by atoms with Crippen molar-refractivity contribution in [2.75, 3.05) is 0 Å². The lowest BCUT2D eigenvalue weighted by atomic mass is 10.1. The van der Waals surface area contributed by atoms with E-state index in [1.54, 1.807) is 37.3 Å². The third-order valence-corrected chi connectivity index (χ3v) is 3.06. The molecule has 0 aliphatic rings. The number of aromatic amines is 1. The second-order valence-electron chi connectivity index (χ2n) is 4.63. The minimum absolute atomic E-state index is 0.141. The summed E-state index contributed by atoms with van der Waals surface area (Å²) < 4.78 is 1.38. The molecule has 2 rings (SSSR count). The quantitative estimate of drug-likeness (QED) is 0.521. The summed E-state index contributed by atoms with van der Waals surface area (Å²) in [5.74, 6) is -0.307. The van der Waals surface area contributed by atoms with E-state index in [9.17, 15) is 9.59 Å². The van der Waals surface area contributed by atoms with Crippen molar-refractivity contribution >= 4 is 11.9 Å². The zero-order chi connectivity index (χ0) is 15.9. The predicted molar refractivity (Wildman–Crippen MR) is 89.4 cm³/mol. The fourth-order valence-corrected chi connectivity index (χ4v) is 2.07. The van der Waals surface area contributed by atoms with E-state index >= 15 is 0 Å². The molecule has 1 aromatic carbocycles. The molecule has 0 aliphatic carbocycles. The second-order valence-corrected chi connectivity index (χ2v) is 4.63. The van der Waals surface area contributed by atoms with Gasteiger partial charge in [0.05, 0.1) is 11.4 Å². The lowest BCUT2D eigenvalue weighted by Crippen LogP contribution is -2.19. The first kappa shape index (κ1) is 15.5. The monoisotopic (exact) mass is 294 g/mol. The van der Waals surface area contributed by atoms with E-state index in [1.165, 1.54) is 10.8 Å². The Hall–Kier alpha value is -2.88. The van der Waals surface area contributed by atoms with Gasteiger partial charge in [0.2, 0.25) is 0 Å². The van der Waals surface area contributed by atoms with E-state index in [0.717, 1.165) is 0 Å². The maximum absolute atomic E-state index is 12.6. The summed E-state index contributed by atoms with van der Waals surface area (Å²) in [6, 6.07) is 9.16. The van der Waals surface area contributed by atoms with Crippen LogP contribution < -0.4 is 5.56 Å². The van der Waals surface area contributed by atoms with Crippen molar-refractivity contribution in [3.05, 3.63) is 82.3 Å². The molecule has 1 N–H and O–H groups in total. The van der Waals surface area contributed by atoms with Gasteiger partial charge in [0.1, 0.15) is 5.56 Å². The van der Waals surface area contributed by atoms with Crippen LogP contribution >= 0.6 is 0 Å². The Morgan fingerprint density at radius 1 is 1.09 bits per heavy atom. The number of hydrogen-bond donors (Lipinski definition) is 1. The Bertz CT molecular complexity index is 790. The Balaban J connectivity index is 2.62. The molecule has 1 heterocycles. The highest BCUT2D eigenvalue weighted by Crippen LogP contribution is 2.10. The van der Waals surface area contributed by atoms with Crippen LogP contribution in [0.5, 0.6) is 0 Å². The van der Waals surface area contributed by atoms with Gasteiger partial charge in [-0.25, -0.2) is 4.68 Å². The molecule has 2 aromatic rings. The van der Waals surface area contributed by atoms with Gasteiger partial charge < -0.3 is 0 Å². The van der Waals surface area contributed by atoms with Crippen molar-refractivity contribution in [1.29, 1.82) is 0 Å². The van der Waals surface area contributed by atoms with Crippen LogP contribution in [0.1, 0.15) is 29.9 Å². The average molecular weight is 294 g/mol. The van der Waals surface area contributed by atoms with Gasteiger partial charge in [0.25, 0.3) is 5.56 Å². The molecule has 0 aliphatic heterocycles. The van der Waals surface area contributed by atoms with Crippen LogP contribution in [-0.4, -0.2) is 15.6 Å². The Morgan fingerprint density at radius 2 is 1.82 bits per heavy atom. The van der Waals surface area contributed by atoms with Gasteiger partial charge in [0, 0.05) is 0 Å². The zero-order valence-electron chi connectivity index (χ0n) is 12.6. The molecular formula is C18H18N2O2. The van der Waals surface area contributed by atoms with E-state index in [1.807, 2.05) is 37.3 Å². The topological polar surface area (TPSA) is 54.9 Å². The minimum atomic E-state index is -0.352. The van der Waals surface area contributed by atoms with E-state index in [0.29, 0.717) is 11.4 Å². The summed E-state index contributed by atoms with van der Waals surface area (Å²) in [5, 5.41) is 2.99. The molecule has 0 amide bonds. The van der Waals surface area contributed by atoms with Gasteiger partial charge in [-0.15, -0.1) is 0 Å². The van der Waals surface area contributed by atoms with Crippen LogP contribution in [0.15, 0.2) is 65.5 Å². The molecular weight excluding hydrogens is 276 g/mol. The zero-order valence-corrected chi connectivity index (χ0v) is 12.6. The van der Waals surface area contributed by atoms with Crippen molar-refractivity contribution in [1.82, 2.24) is 9.78 Å². The molecule has 1 aromatic heterocycles. The Labute approximate surface area is 129 Å². The van der Waals surface area contributed by atoms with Gasteiger partial charge in [0.15, 0.2) is 5.78 Å². The molecule has 0 saturated carbocycles. The van der Waals surface area contributed by atoms with Crippen molar-refractivity contribution in [2.45, 2.75) is 13.8 Å². The van der Waals surface area contributed by atoms with Gasteiger partial charge in [-0.3, -0.25) is 14.7 Å². The number of allylic oxidation sites excluding steroid dienone is 5. The summed E-state index contributed by atoms with van der Waals surface area (Å²) >= 11 is 0. The molecule has 0 unspecified atom stereocenters. The van der Waals surface area contributed by atoms with E-state index in [-0.39, 0.29) is 16.9 Å². The summed E-state index contributed by atoms with van der Waals surface area (Å²) in [7, 11) is 0. The number of para-hydroxylation sites is 1. The number of rotatable bonds is 5. The van der Waals surface area contributed by atoms with Gasteiger partial charge >= 0.3 is 0 Å². The number of carbonyl (C=O) groups is 1. The molecule has 0 spiro atoms. The SMILES string of the molecule is C/C=C/C=C/c1[nH]n(-c2ccccc2)c(=O)c1C(=O)/C=C/C. The summed E-state index contributed by atoms with van der Waals surface area (Å²) in [6.45, 7) is 3.64. The van der Waals surface area contributed by atoms with Crippen LogP contribution in [0.2, 0.25) is 0 Å². The number of nitrogens with zero attached hydrogens (tertiary/aromatic N) is 1. The number of nitrogens with one attached hydrogen (secondary N) is 1. The maximum Gasteiger partial charge on any atom is 0.283 e. The fraction of sp³-hybridized carbons (Fsp3) is 0.111. The standard InChI is InChI=1S/C18H18N2O2/c1-3-5-7-13-15-17(16(21)10-4-2)18(22)20(19-15)14-11-8-6-9-12-14/h3-13,19H,1-2H3/b5-3+,10-4+,13-7+. The molecule has 0 radical (unpaired) electrons. The number of aromatic nitrogens is 2. The first-order valence-electron chi connectivity index (χ1n) is 7.06. The van der Waals surface area contributed by atoms with Crippen molar-refractivity contribution < 1.29 is 4.79 Å². The highest BCUT2D eigenvalue weighted by atomic mass is 16.2. The molecule has 22 heavy (non-hydrogen) atoms. The highest BCUT2D eigenvalue weighted by Gasteiger charge is 2.18. The van der Waals surface area contributed by atoms with Crippen LogP contribution in [-0.2, 0) is 0 Å². The fourth-order valence-electron chi connectivity index (χ4n) is 2.07. The molecule has 0 bridgehead atoms. The first-order chi connectivity index (χ1) is 10.7. The first-order valence-corrected chi connectivity index (χ1v) is 7.06. The van der Waals surface area contributed by atoms with Crippen LogP contribution in [0.3, 0.4) is 0 Å². The van der Waals surface area contributed by atoms with E-state index in [4.69, 9.17) is 0 Å². The molecule has 0 atom stereocenters. The lowest BCUT2D eigenvalue weighted by Gasteiger charge is -1.99. The molecule has 4 nitrogen and oxygen atoms in total. The van der Waals surface area contributed by atoms with Crippen LogP contribution in [0, 0.1) is 0 Å². The second kappa shape index (κ2) is 7.22. The molecule has 0 fully saturated rings. The Kier molecular flexibility index (Phi) is 5.09. The van der Waals surface area contributed by atoms with Gasteiger partial charge in [-0.1, -0.05) is 42.5 Å². The Morgan fingerprint density at radius 3 is 2.45 bits per heavy atom. The van der Waals surface area contributed by atoms with Crippen molar-refractivity contribution in [3.8, 4) is 5.69 Å². The molecule has 112 valence electrons.